The van der Waals surface area contributed by atoms with Crippen LogP contribution in [0, 0.1) is 0 Å². The normalized spacial score (nSPS) is 11.2. The van der Waals surface area contributed by atoms with Crippen LogP contribution in [0.25, 0.3) is 0 Å². The molecule has 0 aromatic heterocycles. The fourth-order valence-electron chi connectivity index (χ4n) is 3.32. The molecule has 0 heterocycles. The Morgan fingerprint density at radius 3 is 1.61 bits per heavy atom. The van der Waals surface area contributed by atoms with E-state index >= 15 is 0 Å². The Morgan fingerprint density at radius 1 is 0.786 bits per heavy atom. The fraction of sp³-hybridized carbons (Fsp3) is 0.208. The third-order valence-corrected chi connectivity index (χ3v) is 6.21. The van der Waals surface area contributed by atoms with Crippen molar-refractivity contribution in [2.24, 2.45) is 5.73 Å². The van der Waals surface area contributed by atoms with Crippen LogP contribution in [-0.2, 0) is 9.54 Å². The molecule has 0 radical (unpaired) electrons. The molecule has 1 amide bonds. The summed E-state index contributed by atoms with van der Waals surface area (Å²) in [6.07, 6.45) is 0.789. The number of carbonyl (C=O) groups is 1. The molecule has 0 atom stereocenters. The molecule has 3 N–H and O–H groups in total. The molecule has 0 unspecified atom stereocenters. The van der Waals surface area contributed by atoms with Crippen molar-refractivity contribution in [3.63, 3.8) is 0 Å². The molecule has 0 saturated carbocycles. The number of benzene rings is 3. The maximum Gasteiger partial charge on any atom is 0.230 e. The van der Waals surface area contributed by atoms with E-state index in [-0.39, 0.29) is 5.91 Å². The Hall–Kier alpha value is -2.56. The highest BCUT2D eigenvalue weighted by molar-refractivity contribution is 8.01. The molecular formula is C24H26N2OS. The number of hydrogen-bond acceptors (Lipinski definition) is 3. The third kappa shape index (κ3) is 4.64. The van der Waals surface area contributed by atoms with E-state index in [9.17, 15) is 4.79 Å². The second kappa shape index (κ2) is 10.1. The van der Waals surface area contributed by atoms with Gasteiger partial charge >= 0.3 is 0 Å². The van der Waals surface area contributed by atoms with E-state index in [1.165, 1.54) is 0 Å². The van der Waals surface area contributed by atoms with Crippen molar-refractivity contribution in [3.05, 3.63) is 108 Å². The summed E-state index contributed by atoms with van der Waals surface area (Å²) >= 11 is 1.65. The zero-order valence-corrected chi connectivity index (χ0v) is 16.7. The second-order valence-corrected chi connectivity index (χ2v) is 7.75. The highest BCUT2D eigenvalue weighted by atomic mass is 32.2. The highest BCUT2D eigenvalue weighted by Crippen LogP contribution is 2.48. The lowest BCUT2D eigenvalue weighted by atomic mass is 9.84. The Kier molecular flexibility index (Phi) is 7.29. The van der Waals surface area contributed by atoms with Crippen LogP contribution >= 0.6 is 11.8 Å². The zero-order chi connectivity index (χ0) is 19.7. The zero-order valence-electron chi connectivity index (χ0n) is 15.9. The van der Waals surface area contributed by atoms with Gasteiger partial charge in [-0.15, -0.1) is 11.8 Å². The Bertz CT molecular complexity index is 757. The van der Waals surface area contributed by atoms with E-state index in [0.29, 0.717) is 18.8 Å². The number of thioether (sulfide) groups is 1. The number of nitrogens with two attached hydrogens (primary N) is 1. The molecule has 3 aromatic carbocycles. The number of nitrogens with one attached hydrogen (secondary N) is 1. The smallest absolute Gasteiger partial charge is 0.230 e. The molecule has 0 saturated heterocycles. The van der Waals surface area contributed by atoms with Gasteiger partial charge in [0.15, 0.2) is 0 Å². The summed E-state index contributed by atoms with van der Waals surface area (Å²) < 4.78 is -0.463. The number of amides is 1. The van der Waals surface area contributed by atoms with Gasteiger partial charge in [-0.05, 0) is 29.7 Å². The van der Waals surface area contributed by atoms with E-state index in [1.54, 1.807) is 11.8 Å². The van der Waals surface area contributed by atoms with Gasteiger partial charge in [0.1, 0.15) is 0 Å². The Labute approximate surface area is 171 Å². The molecule has 0 aliphatic heterocycles. The lowest BCUT2D eigenvalue weighted by Crippen LogP contribution is -2.32. The summed E-state index contributed by atoms with van der Waals surface area (Å²) in [7, 11) is 0. The van der Waals surface area contributed by atoms with Crippen molar-refractivity contribution >= 4 is 17.7 Å². The van der Waals surface area contributed by atoms with Crippen LogP contribution in [0.4, 0.5) is 0 Å². The quantitative estimate of drug-likeness (QED) is 0.426. The molecule has 0 spiro atoms. The van der Waals surface area contributed by atoms with E-state index in [0.717, 1.165) is 23.1 Å². The largest absolute Gasteiger partial charge is 0.355 e. The van der Waals surface area contributed by atoms with Crippen LogP contribution in [0.5, 0.6) is 0 Å². The number of hydrogen-bond donors (Lipinski definition) is 2. The van der Waals surface area contributed by atoms with Gasteiger partial charge in [0.25, 0.3) is 0 Å². The van der Waals surface area contributed by atoms with Crippen molar-refractivity contribution in [1.29, 1.82) is 0 Å². The molecule has 0 aliphatic carbocycles. The Morgan fingerprint density at radius 2 is 1.21 bits per heavy atom. The molecule has 3 aromatic rings. The van der Waals surface area contributed by atoms with Crippen molar-refractivity contribution in [2.45, 2.75) is 11.2 Å². The van der Waals surface area contributed by atoms with E-state index < -0.39 is 4.75 Å². The minimum absolute atomic E-state index is 0.0330. The maximum atomic E-state index is 12.5. The third-order valence-electron chi connectivity index (χ3n) is 4.66. The van der Waals surface area contributed by atoms with Gasteiger partial charge in [-0.2, -0.15) is 0 Å². The van der Waals surface area contributed by atoms with Crippen LogP contribution in [0.1, 0.15) is 23.1 Å². The lowest BCUT2D eigenvalue weighted by molar-refractivity contribution is -0.118. The van der Waals surface area contributed by atoms with E-state index in [2.05, 4.69) is 78.1 Å². The van der Waals surface area contributed by atoms with E-state index in [4.69, 9.17) is 5.73 Å². The molecule has 144 valence electrons. The van der Waals surface area contributed by atoms with Gasteiger partial charge in [0, 0.05) is 6.54 Å². The van der Waals surface area contributed by atoms with Crippen LogP contribution in [0.2, 0.25) is 0 Å². The van der Waals surface area contributed by atoms with Gasteiger partial charge in [-0.3, -0.25) is 4.79 Å². The average molecular weight is 391 g/mol. The van der Waals surface area contributed by atoms with Gasteiger partial charge < -0.3 is 11.1 Å². The molecule has 0 fully saturated rings. The number of carbonyl (C=O) groups excluding carboxylic acids is 1. The van der Waals surface area contributed by atoms with Crippen molar-refractivity contribution in [2.75, 3.05) is 18.8 Å². The van der Waals surface area contributed by atoms with E-state index in [1.807, 2.05) is 18.2 Å². The molecule has 3 rings (SSSR count). The first-order valence-electron chi connectivity index (χ1n) is 9.54. The van der Waals surface area contributed by atoms with Crippen LogP contribution in [0.15, 0.2) is 91.0 Å². The molecular weight excluding hydrogens is 364 g/mol. The Balaban J connectivity index is 2.03. The first kappa shape index (κ1) is 20.2. The summed E-state index contributed by atoms with van der Waals surface area (Å²) in [4.78, 5) is 12.5. The molecule has 3 nitrogen and oxygen atoms in total. The van der Waals surface area contributed by atoms with Crippen molar-refractivity contribution in [1.82, 2.24) is 5.32 Å². The molecule has 4 heteroatoms. The SMILES string of the molecule is NCCCNC(=O)CSC(c1ccccc1)(c1ccccc1)c1ccccc1. The molecule has 0 aliphatic rings. The van der Waals surface area contributed by atoms with Crippen LogP contribution in [-0.4, -0.2) is 24.7 Å². The summed E-state index contributed by atoms with van der Waals surface area (Å²) in [6, 6.07) is 31.2. The first-order valence-corrected chi connectivity index (χ1v) is 10.5. The van der Waals surface area contributed by atoms with Crippen LogP contribution < -0.4 is 11.1 Å². The van der Waals surface area contributed by atoms with Crippen molar-refractivity contribution < 1.29 is 4.79 Å². The summed E-state index contributed by atoms with van der Waals surface area (Å²) in [6.45, 7) is 1.19. The summed E-state index contributed by atoms with van der Waals surface area (Å²) in [5.41, 5.74) is 9.01. The van der Waals surface area contributed by atoms with Gasteiger partial charge in [0.2, 0.25) is 5.91 Å². The van der Waals surface area contributed by atoms with Crippen LogP contribution in [0.3, 0.4) is 0 Å². The fourth-order valence-corrected chi connectivity index (χ4v) is 4.68. The second-order valence-electron chi connectivity index (χ2n) is 6.56. The average Bonchev–Trinajstić information content (AvgIpc) is 2.77. The van der Waals surface area contributed by atoms with Gasteiger partial charge in [-0.25, -0.2) is 0 Å². The highest BCUT2D eigenvalue weighted by Gasteiger charge is 2.37. The minimum Gasteiger partial charge on any atom is -0.355 e. The summed E-state index contributed by atoms with van der Waals surface area (Å²) in [5, 5.41) is 2.97. The predicted octanol–water partition coefficient (Wildman–Crippen LogP) is 4.18. The maximum absolute atomic E-state index is 12.5. The molecule has 28 heavy (non-hydrogen) atoms. The first-order chi connectivity index (χ1) is 13.8. The minimum atomic E-state index is -0.463. The molecule has 0 bridgehead atoms. The standard InChI is InChI=1S/C24H26N2OS/c25-17-10-18-26-23(27)19-28-24(20-11-4-1-5-12-20,21-13-6-2-7-14-21)22-15-8-3-9-16-22/h1-9,11-16H,10,17-19,25H2,(H,26,27). The predicted molar refractivity (Wildman–Crippen MR) is 118 cm³/mol. The lowest BCUT2D eigenvalue weighted by Gasteiger charge is -2.35. The van der Waals surface area contributed by atoms with Crippen molar-refractivity contribution in [3.8, 4) is 0 Å². The van der Waals surface area contributed by atoms with Gasteiger partial charge in [-0.1, -0.05) is 91.0 Å². The monoisotopic (exact) mass is 390 g/mol. The number of rotatable bonds is 9. The topological polar surface area (TPSA) is 55.1 Å². The van der Waals surface area contributed by atoms with Gasteiger partial charge in [0.05, 0.1) is 10.5 Å². The summed E-state index contributed by atoms with van der Waals surface area (Å²) in [5.74, 6) is 0.397.